The number of H-pyrrole nitrogens is 1. The number of fused-ring (bicyclic) bond motifs is 1. The average molecular weight is 339 g/mol. The van der Waals surface area contributed by atoms with Crippen LogP contribution in [0.15, 0.2) is 41.8 Å². The Morgan fingerprint density at radius 3 is 2.46 bits per heavy atom. The van der Waals surface area contributed by atoms with Gasteiger partial charge in [0, 0.05) is 32.9 Å². The lowest BCUT2D eigenvalue weighted by molar-refractivity contribution is 0.188. The molecule has 0 unspecified atom stereocenters. The minimum absolute atomic E-state index is 0.157. The van der Waals surface area contributed by atoms with Gasteiger partial charge in [0.05, 0.1) is 0 Å². The molecule has 3 aromatic rings. The van der Waals surface area contributed by atoms with Crippen LogP contribution in [-0.2, 0) is 5.41 Å². The molecule has 1 N–H and O–H groups in total. The van der Waals surface area contributed by atoms with E-state index in [1.54, 1.807) is 0 Å². The van der Waals surface area contributed by atoms with Gasteiger partial charge < -0.3 is 9.88 Å². The molecule has 0 bridgehead atoms. The van der Waals surface area contributed by atoms with Crippen LogP contribution in [0.2, 0.25) is 0 Å². The molecule has 0 saturated heterocycles. The first kappa shape index (κ1) is 15.9. The maximum absolute atomic E-state index is 3.80. The molecule has 3 heteroatoms. The molecule has 126 valence electrons. The molecule has 1 fully saturated rings. The SMILES string of the molecule is Cc1c(C2(c3cccs3)CCC(N(C)C)CC2)[nH]c2ccccc12. The Bertz CT molecular complexity index is 821. The molecule has 0 atom stereocenters. The molecule has 1 aromatic carbocycles. The number of nitrogens with zero attached hydrogens (tertiary/aromatic N) is 1. The Balaban J connectivity index is 1.83. The second-order valence-corrected chi connectivity index (χ2v) is 8.37. The highest BCUT2D eigenvalue weighted by atomic mass is 32.1. The molecule has 2 nitrogen and oxygen atoms in total. The smallest absolute Gasteiger partial charge is 0.0459 e. The first-order chi connectivity index (χ1) is 11.6. The summed E-state index contributed by atoms with van der Waals surface area (Å²) in [5.41, 5.74) is 4.31. The van der Waals surface area contributed by atoms with E-state index in [0.29, 0.717) is 6.04 Å². The summed E-state index contributed by atoms with van der Waals surface area (Å²) in [5.74, 6) is 0. The lowest BCUT2D eigenvalue weighted by Gasteiger charge is -2.41. The summed E-state index contributed by atoms with van der Waals surface area (Å²) in [4.78, 5) is 7.72. The fourth-order valence-electron chi connectivity index (χ4n) is 4.54. The summed E-state index contributed by atoms with van der Waals surface area (Å²) < 4.78 is 0. The molecule has 2 aromatic heterocycles. The van der Waals surface area contributed by atoms with E-state index in [-0.39, 0.29) is 5.41 Å². The molecule has 24 heavy (non-hydrogen) atoms. The molecule has 2 heterocycles. The van der Waals surface area contributed by atoms with Crippen LogP contribution in [0.1, 0.15) is 41.8 Å². The number of hydrogen-bond donors (Lipinski definition) is 1. The molecular weight excluding hydrogens is 312 g/mol. The minimum atomic E-state index is 0.157. The highest BCUT2D eigenvalue weighted by molar-refractivity contribution is 7.10. The van der Waals surface area contributed by atoms with E-state index < -0.39 is 0 Å². The number of aromatic amines is 1. The van der Waals surface area contributed by atoms with Gasteiger partial charge in [0.1, 0.15) is 0 Å². The van der Waals surface area contributed by atoms with Crippen molar-refractivity contribution in [2.24, 2.45) is 0 Å². The Morgan fingerprint density at radius 2 is 1.83 bits per heavy atom. The van der Waals surface area contributed by atoms with Crippen LogP contribution in [0.25, 0.3) is 10.9 Å². The highest BCUT2D eigenvalue weighted by Crippen LogP contribution is 2.48. The van der Waals surface area contributed by atoms with Crippen molar-refractivity contribution in [3.8, 4) is 0 Å². The molecule has 1 aliphatic carbocycles. The third kappa shape index (κ3) is 2.42. The number of aromatic nitrogens is 1. The number of nitrogens with one attached hydrogen (secondary N) is 1. The van der Waals surface area contributed by atoms with Crippen LogP contribution in [-0.4, -0.2) is 30.0 Å². The Kier molecular flexibility index (Phi) is 4.01. The van der Waals surface area contributed by atoms with Gasteiger partial charge in [-0.3, -0.25) is 0 Å². The normalized spacial score (nSPS) is 24.8. The molecule has 4 rings (SSSR count). The largest absolute Gasteiger partial charge is 0.357 e. The van der Waals surface area contributed by atoms with Crippen LogP contribution < -0.4 is 0 Å². The predicted molar refractivity (Wildman–Crippen MR) is 104 cm³/mol. The van der Waals surface area contributed by atoms with E-state index in [2.05, 4.69) is 72.7 Å². The van der Waals surface area contributed by atoms with Crippen LogP contribution in [0.5, 0.6) is 0 Å². The third-order valence-electron chi connectivity index (χ3n) is 5.98. The molecule has 1 aliphatic rings. The van der Waals surface area contributed by atoms with E-state index in [9.17, 15) is 0 Å². The van der Waals surface area contributed by atoms with Gasteiger partial charge >= 0.3 is 0 Å². The molecule has 0 amide bonds. The van der Waals surface area contributed by atoms with Crippen LogP contribution in [0.3, 0.4) is 0 Å². The zero-order chi connectivity index (χ0) is 16.7. The Hall–Kier alpha value is -1.58. The quantitative estimate of drug-likeness (QED) is 0.684. The Morgan fingerprint density at radius 1 is 1.08 bits per heavy atom. The van der Waals surface area contributed by atoms with Crippen molar-refractivity contribution in [3.05, 3.63) is 57.9 Å². The van der Waals surface area contributed by atoms with Gasteiger partial charge in [-0.25, -0.2) is 0 Å². The molecule has 0 spiro atoms. The second-order valence-electron chi connectivity index (χ2n) is 7.42. The van der Waals surface area contributed by atoms with Crippen LogP contribution >= 0.6 is 11.3 Å². The van der Waals surface area contributed by atoms with Gasteiger partial charge in [0.2, 0.25) is 0 Å². The fourth-order valence-corrected chi connectivity index (χ4v) is 5.54. The van der Waals surface area contributed by atoms with E-state index in [4.69, 9.17) is 0 Å². The zero-order valence-electron chi connectivity index (χ0n) is 14.8. The summed E-state index contributed by atoms with van der Waals surface area (Å²) in [5, 5.41) is 3.60. The molecule has 0 radical (unpaired) electrons. The van der Waals surface area contributed by atoms with Gasteiger partial charge in [0.15, 0.2) is 0 Å². The molecule has 1 saturated carbocycles. The van der Waals surface area contributed by atoms with Crippen molar-refractivity contribution >= 4 is 22.2 Å². The Labute approximate surface area is 148 Å². The summed E-state index contributed by atoms with van der Waals surface area (Å²) in [6.45, 7) is 2.29. The number of benzene rings is 1. The minimum Gasteiger partial charge on any atom is -0.357 e. The average Bonchev–Trinajstić information content (AvgIpc) is 3.24. The van der Waals surface area contributed by atoms with Gasteiger partial charge in [0.25, 0.3) is 0 Å². The maximum Gasteiger partial charge on any atom is 0.0459 e. The monoisotopic (exact) mass is 338 g/mol. The zero-order valence-corrected chi connectivity index (χ0v) is 15.6. The standard InChI is InChI=1S/C21H26N2S/c1-15-17-7-4-5-8-18(17)22-20(15)21(19-9-6-14-24-19)12-10-16(11-13-21)23(2)3/h4-9,14,16,22H,10-13H2,1-3H3. The van der Waals surface area contributed by atoms with E-state index in [1.165, 1.54) is 52.7 Å². The highest BCUT2D eigenvalue weighted by Gasteiger charge is 2.41. The van der Waals surface area contributed by atoms with Crippen molar-refractivity contribution in [1.29, 1.82) is 0 Å². The van der Waals surface area contributed by atoms with Crippen molar-refractivity contribution < 1.29 is 0 Å². The van der Waals surface area contributed by atoms with Crippen molar-refractivity contribution in [3.63, 3.8) is 0 Å². The lowest BCUT2D eigenvalue weighted by Crippen LogP contribution is -2.40. The maximum atomic E-state index is 3.80. The van der Waals surface area contributed by atoms with Crippen molar-refractivity contribution in [2.75, 3.05) is 14.1 Å². The predicted octanol–water partition coefficient (Wildman–Crippen LogP) is 5.33. The van der Waals surface area contributed by atoms with Gasteiger partial charge in [-0.05, 0) is 69.8 Å². The lowest BCUT2D eigenvalue weighted by atomic mass is 9.68. The number of rotatable bonds is 3. The van der Waals surface area contributed by atoms with Gasteiger partial charge in [-0.1, -0.05) is 24.3 Å². The van der Waals surface area contributed by atoms with E-state index in [0.717, 1.165) is 0 Å². The summed E-state index contributed by atoms with van der Waals surface area (Å²) in [6, 6.07) is 14.0. The van der Waals surface area contributed by atoms with Crippen LogP contribution in [0.4, 0.5) is 0 Å². The second kappa shape index (κ2) is 6.05. The summed E-state index contributed by atoms with van der Waals surface area (Å²) in [6.07, 6.45) is 4.98. The van der Waals surface area contributed by atoms with Crippen LogP contribution in [0, 0.1) is 6.92 Å². The molecule has 0 aliphatic heterocycles. The van der Waals surface area contributed by atoms with E-state index in [1.807, 2.05) is 11.3 Å². The number of para-hydroxylation sites is 1. The first-order valence-electron chi connectivity index (χ1n) is 8.90. The molecular formula is C21H26N2S. The third-order valence-corrected chi connectivity index (χ3v) is 7.05. The first-order valence-corrected chi connectivity index (χ1v) is 9.78. The topological polar surface area (TPSA) is 19.0 Å². The van der Waals surface area contributed by atoms with Crippen molar-refractivity contribution in [2.45, 2.75) is 44.1 Å². The van der Waals surface area contributed by atoms with Gasteiger partial charge in [-0.15, -0.1) is 11.3 Å². The number of hydrogen-bond acceptors (Lipinski definition) is 2. The number of thiophene rings is 1. The van der Waals surface area contributed by atoms with Gasteiger partial charge in [-0.2, -0.15) is 0 Å². The van der Waals surface area contributed by atoms with E-state index >= 15 is 0 Å². The summed E-state index contributed by atoms with van der Waals surface area (Å²) >= 11 is 1.92. The number of aryl methyl sites for hydroxylation is 1. The van der Waals surface area contributed by atoms with Crippen molar-refractivity contribution in [1.82, 2.24) is 9.88 Å². The fraction of sp³-hybridized carbons (Fsp3) is 0.429. The summed E-state index contributed by atoms with van der Waals surface area (Å²) in [7, 11) is 4.44.